The number of nitrogens with zero attached hydrogens (tertiary/aromatic N) is 7. The molecule has 36 heavy (non-hydrogen) atoms. The van der Waals surface area contributed by atoms with E-state index >= 15 is 0 Å². The minimum Gasteiger partial charge on any atom is -0.423 e. The van der Waals surface area contributed by atoms with E-state index in [0.29, 0.717) is 44.6 Å². The Hall–Kier alpha value is -2.30. The monoisotopic (exact) mass is 499 g/mol. The van der Waals surface area contributed by atoms with Crippen LogP contribution < -0.4 is 0 Å². The summed E-state index contributed by atoms with van der Waals surface area (Å²) in [5.41, 5.74) is 2.62. The number of hydrogen-bond donors (Lipinski definition) is 0. The Balaban J connectivity index is 1.28. The van der Waals surface area contributed by atoms with Gasteiger partial charge in [-0.3, -0.25) is 19.3 Å². The van der Waals surface area contributed by atoms with Gasteiger partial charge in [-0.15, -0.1) is 10.2 Å². The Morgan fingerprint density at radius 3 is 2.56 bits per heavy atom. The lowest BCUT2D eigenvalue weighted by molar-refractivity contribution is -0.136. The molecule has 3 saturated heterocycles. The van der Waals surface area contributed by atoms with E-state index in [1.165, 1.54) is 5.56 Å². The van der Waals surface area contributed by atoms with Gasteiger partial charge >= 0.3 is 0 Å². The molecule has 0 saturated carbocycles. The molecular weight excluding hydrogens is 458 g/mol. The lowest BCUT2D eigenvalue weighted by Crippen LogP contribution is -2.46. The first-order valence-corrected chi connectivity index (χ1v) is 13.5. The van der Waals surface area contributed by atoms with Crippen LogP contribution in [0, 0.1) is 12.3 Å². The zero-order chi connectivity index (χ0) is 25.3. The average Bonchev–Trinajstić information content (AvgIpc) is 3.59. The van der Waals surface area contributed by atoms with Crippen molar-refractivity contribution >= 4 is 5.91 Å². The van der Waals surface area contributed by atoms with Gasteiger partial charge in [-0.1, -0.05) is 13.8 Å². The molecule has 0 aromatic carbocycles. The van der Waals surface area contributed by atoms with Gasteiger partial charge < -0.3 is 14.1 Å². The molecular formula is C26H41N7O3. The molecule has 0 N–H and O–H groups in total. The van der Waals surface area contributed by atoms with E-state index in [1.807, 2.05) is 9.58 Å². The van der Waals surface area contributed by atoms with E-state index in [9.17, 15) is 4.79 Å². The topological polar surface area (TPSA) is 92.8 Å². The predicted molar refractivity (Wildman–Crippen MR) is 134 cm³/mol. The number of hydrogen-bond acceptors (Lipinski definition) is 8. The number of aromatic nitrogens is 4. The van der Waals surface area contributed by atoms with Crippen molar-refractivity contribution in [2.75, 3.05) is 52.5 Å². The molecule has 3 fully saturated rings. The van der Waals surface area contributed by atoms with E-state index in [1.54, 1.807) is 0 Å². The predicted octanol–water partition coefficient (Wildman–Crippen LogP) is 2.61. The summed E-state index contributed by atoms with van der Waals surface area (Å²) in [6, 6.07) is -0.00780. The summed E-state index contributed by atoms with van der Waals surface area (Å²) >= 11 is 0. The molecule has 10 nitrogen and oxygen atoms in total. The number of piperidine rings is 1. The van der Waals surface area contributed by atoms with Crippen LogP contribution in [0.5, 0.6) is 0 Å². The number of amides is 1. The van der Waals surface area contributed by atoms with Gasteiger partial charge in [-0.25, -0.2) is 0 Å². The number of carbonyl (C=O) groups excluding carboxylic acids is 1. The molecule has 5 heterocycles. The Labute approximate surface area is 213 Å². The number of ether oxygens (including phenoxy) is 1. The maximum absolute atomic E-state index is 13.2. The van der Waals surface area contributed by atoms with Crippen molar-refractivity contribution in [2.24, 2.45) is 5.41 Å². The van der Waals surface area contributed by atoms with E-state index in [0.717, 1.165) is 57.7 Å². The largest absolute Gasteiger partial charge is 0.423 e. The third-order valence-electron chi connectivity index (χ3n) is 8.23. The maximum atomic E-state index is 13.2. The molecule has 1 unspecified atom stereocenters. The van der Waals surface area contributed by atoms with Gasteiger partial charge in [0.05, 0.1) is 31.5 Å². The molecule has 3 aliphatic heterocycles. The van der Waals surface area contributed by atoms with Crippen LogP contribution in [0.3, 0.4) is 0 Å². The van der Waals surface area contributed by atoms with Crippen LogP contribution in [-0.4, -0.2) is 93.1 Å². The van der Waals surface area contributed by atoms with E-state index in [4.69, 9.17) is 9.15 Å². The molecule has 3 aliphatic rings. The molecule has 2 aromatic heterocycles. The number of rotatable bonds is 7. The molecule has 0 bridgehead atoms. The van der Waals surface area contributed by atoms with Crippen molar-refractivity contribution in [2.45, 2.75) is 72.0 Å². The molecule has 5 rings (SSSR count). The smallest absolute Gasteiger partial charge is 0.236 e. The fourth-order valence-corrected chi connectivity index (χ4v) is 5.92. The van der Waals surface area contributed by atoms with Gasteiger partial charge in [-0.2, -0.15) is 5.10 Å². The summed E-state index contributed by atoms with van der Waals surface area (Å²) in [6.07, 6.45) is 5.37. The van der Waals surface area contributed by atoms with Gasteiger partial charge in [0.15, 0.2) is 0 Å². The SMILES string of the molecule is CCn1cc(CN2CCC3(CC2)CC(c2nnc(C(C)C)o2)N(CC(=O)N2CCOCC2)C3)c(C)n1. The standard InChI is InChI=1S/C26H41N7O3/c1-5-33-16-21(20(4)29-33)15-30-8-6-26(7-9-30)14-22(25-28-27-24(36-25)19(2)3)32(18-26)17-23(34)31-10-12-35-13-11-31/h16,19,22H,5-15,17-18H2,1-4H3. The Morgan fingerprint density at radius 1 is 1.17 bits per heavy atom. The Kier molecular flexibility index (Phi) is 7.46. The van der Waals surface area contributed by atoms with Crippen LogP contribution >= 0.6 is 0 Å². The average molecular weight is 500 g/mol. The van der Waals surface area contributed by atoms with Gasteiger partial charge in [0.25, 0.3) is 0 Å². The lowest BCUT2D eigenvalue weighted by Gasteiger charge is -2.39. The van der Waals surface area contributed by atoms with Gasteiger partial charge in [0, 0.05) is 50.4 Å². The van der Waals surface area contributed by atoms with E-state index in [-0.39, 0.29) is 23.3 Å². The van der Waals surface area contributed by atoms with Crippen molar-refractivity contribution in [1.82, 2.24) is 34.7 Å². The summed E-state index contributed by atoms with van der Waals surface area (Å²) in [7, 11) is 0. The summed E-state index contributed by atoms with van der Waals surface area (Å²) in [5.74, 6) is 1.69. The van der Waals surface area contributed by atoms with Crippen LogP contribution in [0.4, 0.5) is 0 Å². The van der Waals surface area contributed by atoms with Crippen LogP contribution in [0.2, 0.25) is 0 Å². The highest BCUT2D eigenvalue weighted by Crippen LogP contribution is 2.49. The molecule has 0 radical (unpaired) electrons. The highest BCUT2D eigenvalue weighted by molar-refractivity contribution is 5.78. The van der Waals surface area contributed by atoms with E-state index < -0.39 is 0 Å². The highest BCUT2D eigenvalue weighted by atomic mass is 16.5. The maximum Gasteiger partial charge on any atom is 0.236 e. The van der Waals surface area contributed by atoms with Crippen molar-refractivity contribution in [3.63, 3.8) is 0 Å². The molecule has 1 amide bonds. The molecule has 0 aliphatic carbocycles. The second kappa shape index (κ2) is 10.6. The summed E-state index contributed by atoms with van der Waals surface area (Å²) < 4.78 is 13.6. The minimum absolute atomic E-state index is 0.00780. The molecule has 10 heteroatoms. The second-order valence-corrected chi connectivity index (χ2v) is 11.1. The van der Waals surface area contributed by atoms with Gasteiger partial charge in [0.2, 0.25) is 17.7 Å². The van der Waals surface area contributed by atoms with Crippen molar-refractivity contribution in [3.05, 3.63) is 29.2 Å². The van der Waals surface area contributed by atoms with Crippen LogP contribution in [0.1, 0.15) is 75.0 Å². The number of carbonyl (C=O) groups is 1. The van der Waals surface area contributed by atoms with Crippen LogP contribution in [-0.2, 0) is 22.6 Å². The van der Waals surface area contributed by atoms with Crippen LogP contribution in [0.25, 0.3) is 0 Å². The van der Waals surface area contributed by atoms with Crippen LogP contribution in [0.15, 0.2) is 10.6 Å². The first-order valence-electron chi connectivity index (χ1n) is 13.5. The summed E-state index contributed by atoms with van der Waals surface area (Å²) in [6.45, 7) is 16.2. The number of morpholine rings is 1. The minimum atomic E-state index is -0.00780. The Morgan fingerprint density at radius 2 is 1.92 bits per heavy atom. The molecule has 198 valence electrons. The van der Waals surface area contributed by atoms with Crippen molar-refractivity contribution in [3.8, 4) is 0 Å². The number of likely N-dealkylation sites (tertiary alicyclic amines) is 2. The molecule has 2 aromatic rings. The second-order valence-electron chi connectivity index (χ2n) is 11.1. The van der Waals surface area contributed by atoms with Gasteiger partial charge in [-0.05, 0) is 51.6 Å². The van der Waals surface area contributed by atoms with E-state index in [2.05, 4.69) is 59.0 Å². The zero-order valence-electron chi connectivity index (χ0n) is 22.3. The third kappa shape index (κ3) is 5.35. The van der Waals surface area contributed by atoms with Crippen molar-refractivity contribution in [1.29, 1.82) is 0 Å². The fraction of sp³-hybridized carbons (Fsp3) is 0.769. The Bertz CT molecular complexity index is 1030. The van der Waals surface area contributed by atoms with Gasteiger partial charge in [0.1, 0.15) is 0 Å². The zero-order valence-corrected chi connectivity index (χ0v) is 22.3. The molecule has 1 atom stereocenters. The highest BCUT2D eigenvalue weighted by Gasteiger charge is 2.48. The quantitative estimate of drug-likeness (QED) is 0.574. The lowest BCUT2D eigenvalue weighted by atomic mass is 9.76. The van der Waals surface area contributed by atoms with Crippen molar-refractivity contribution < 1.29 is 13.9 Å². The fourth-order valence-electron chi connectivity index (χ4n) is 5.92. The summed E-state index contributed by atoms with van der Waals surface area (Å²) in [5, 5.41) is 13.4. The third-order valence-corrected chi connectivity index (χ3v) is 8.23. The first-order chi connectivity index (χ1) is 17.4. The summed E-state index contributed by atoms with van der Waals surface area (Å²) in [4.78, 5) is 20.0. The molecule has 1 spiro atoms. The normalized spacial score (nSPS) is 23.2. The first kappa shape index (κ1) is 25.4. The number of aryl methyl sites for hydroxylation is 2.